The summed E-state index contributed by atoms with van der Waals surface area (Å²) in [5.41, 5.74) is 0.177. The predicted molar refractivity (Wildman–Crippen MR) is 94.4 cm³/mol. The van der Waals surface area contributed by atoms with Gasteiger partial charge in [-0.3, -0.25) is 9.59 Å². The SMILES string of the molecule is CC(C)(CCC(=O)O)NC(=O)CCc1ncc(-c2ccccc2Cl)o1. The van der Waals surface area contributed by atoms with Crippen LogP contribution < -0.4 is 5.32 Å². The molecule has 134 valence electrons. The van der Waals surface area contributed by atoms with Crippen LogP contribution in [0.4, 0.5) is 0 Å². The fourth-order valence-corrected chi connectivity index (χ4v) is 2.58. The molecule has 6 nitrogen and oxygen atoms in total. The maximum Gasteiger partial charge on any atom is 0.303 e. The zero-order valence-corrected chi connectivity index (χ0v) is 15.0. The number of halogens is 1. The van der Waals surface area contributed by atoms with Gasteiger partial charge in [0, 0.05) is 30.4 Å². The van der Waals surface area contributed by atoms with E-state index in [2.05, 4.69) is 10.3 Å². The largest absolute Gasteiger partial charge is 0.481 e. The van der Waals surface area contributed by atoms with Crippen molar-refractivity contribution in [3.8, 4) is 11.3 Å². The number of oxazole rings is 1. The third-order valence-corrected chi connectivity index (χ3v) is 4.03. The fraction of sp³-hybridized carbons (Fsp3) is 0.389. The Hall–Kier alpha value is -2.34. The molecule has 0 unspecified atom stereocenters. The second-order valence-corrected chi connectivity index (χ2v) is 6.83. The van der Waals surface area contributed by atoms with Crippen LogP contribution in [0.1, 0.15) is 39.0 Å². The van der Waals surface area contributed by atoms with E-state index in [-0.39, 0.29) is 18.7 Å². The van der Waals surface area contributed by atoms with Gasteiger partial charge in [0.15, 0.2) is 11.7 Å². The molecule has 0 saturated carbocycles. The minimum absolute atomic E-state index is 0.00815. The molecule has 1 aromatic carbocycles. The topological polar surface area (TPSA) is 92.4 Å². The molecule has 1 heterocycles. The number of carbonyl (C=O) groups is 2. The molecule has 0 spiro atoms. The molecule has 0 atom stereocenters. The second kappa shape index (κ2) is 8.16. The minimum atomic E-state index is -0.880. The van der Waals surface area contributed by atoms with Gasteiger partial charge in [0.05, 0.1) is 11.2 Å². The molecule has 2 rings (SSSR count). The zero-order valence-electron chi connectivity index (χ0n) is 14.2. The molecular formula is C18H21ClN2O4. The number of nitrogens with one attached hydrogen (secondary N) is 1. The normalized spacial score (nSPS) is 11.3. The van der Waals surface area contributed by atoms with Gasteiger partial charge in [-0.25, -0.2) is 4.98 Å². The highest BCUT2D eigenvalue weighted by atomic mass is 35.5. The molecule has 0 bridgehead atoms. The molecule has 0 aliphatic rings. The summed E-state index contributed by atoms with van der Waals surface area (Å²) in [5.74, 6) is -0.0432. The molecule has 0 fully saturated rings. The lowest BCUT2D eigenvalue weighted by Gasteiger charge is -2.25. The molecule has 0 aliphatic carbocycles. The van der Waals surface area contributed by atoms with Crippen molar-refractivity contribution in [2.24, 2.45) is 0 Å². The van der Waals surface area contributed by atoms with E-state index in [1.807, 2.05) is 18.2 Å². The maximum atomic E-state index is 12.1. The van der Waals surface area contributed by atoms with E-state index in [1.165, 1.54) is 0 Å². The molecule has 0 aliphatic heterocycles. The third-order valence-electron chi connectivity index (χ3n) is 3.70. The van der Waals surface area contributed by atoms with Crippen LogP contribution in [-0.2, 0) is 16.0 Å². The Morgan fingerprint density at radius 2 is 2.00 bits per heavy atom. The first-order valence-corrected chi connectivity index (χ1v) is 8.37. The number of rotatable bonds is 8. The van der Waals surface area contributed by atoms with Gasteiger partial charge >= 0.3 is 5.97 Å². The maximum absolute atomic E-state index is 12.1. The summed E-state index contributed by atoms with van der Waals surface area (Å²) in [6.07, 6.45) is 2.52. The Bertz CT molecular complexity index is 755. The van der Waals surface area contributed by atoms with Gasteiger partial charge in [-0.15, -0.1) is 0 Å². The van der Waals surface area contributed by atoms with Crippen LogP contribution in [0.2, 0.25) is 5.02 Å². The molecule has 2 N–H and O–H groups in total. The predicted octanol–water partition coefficient (Wildman–Crippen LogP) is 3.69. The molecule has 0 radical (unpaired) electrons. The van der Waals surface area contributed by atoms with Crippen LogP contribution in [-0.4, -0.2) is 27.5 Å². The van der Waals surface area contributed by atoms with Crippen molar-refractivity contribution >= 4 is 23.5 Å². The average molecular weight is 365 g/mol. The molecular weight excluding hydrogens is 344 g/mol. The van der Waals surface area contributed by atoms with Crippen LogP contribution >= 0.6 is 11.6 Å². The molecule has 1 amide bonds. The zero-order chi connectivity index (χ0) is 18.4. The van der Waals surface area contributed by atoms with Crippen LogP contribution in [0.5, 0.6) is 0 Å². The fourth-order valence-electron chi connectivity index (χ4n) is 2.35. The van der Waals surface area contributed by atoms with Crippen LogP contribution in [0.25, 0.3) is 11.3 Å². The first-order valence-electron chi connectivity index (χ1n) is 7.99. The van der Waals surface area contributed by atoms with Gasteiger partial charge in [0.25, 0.3) is 0 Å². The second-order valence-electron chi connectivity index (χ2n) is 6.42. The number of carbonyl (C=O) groups excluding carboxylic acids is 1. The summed E-state index contributed by atoms with van der Waals surface area (Å²) in [5, 5.41) is 12.1. The van der Waals surface area contributed by atoms with Crippen molar-refractivity contribution in [3.63, 3.8) is 0 Å². The summed E-state index contributed by atoms with van der Waals surface area (Å²) in [4.78, 5) is 26.9. The Balaban J connectivity index is 1.88. The van der Waals surface area contributed by atoms with E-state index >= 15 is 0 Å². The van der Waals surface area contributed by atoms with Gasteiger partial charge in [-0.2, -0.15) is 0 Å². The Morgan fingerprint density at radius 3 is 2.68 bits per heavy atom. The standard InChI is InChI=1S/C18H21ClN2O4/c1-18(2,10-9-17(23)24)21-15(22)7-8-16-20-11-14(25-16)12-5-3-4-6-13(12)19/h3-6,11H,7-10H2,1-2H3,(H,21,22)(H,23,24). The summed E-state index contributed by atoms with van der Waals surface area (Å²) in [6, 6.07) is 7.30. The van der Waals surface area contributed by atoms with E-state index in [0.29, 0.717) is 29.5 Å². The van der Waals surface area contributed by atoms with E-state index in [9.17, 15) is 9.59 Å². The summed E-state index contributed by atoms with van der Waals surface area (Å²) < 4.78 is 5.66. The lowest BCUT2D eigenvalue weighted by molar-refractivity contribution is -0.137. The van der Waals surface area contributed by atoms with Crippen molar-refractivity contribution in [1.29, 1.82) is 0 Å². The number of carboxylic acids is 1. The summed E-state index contributed by atoms with van der Waals surface area (Å²) >= 11 is 6.13. The van der Waals surface area contributed by atoms with Gasteiger partial charge in [-0.05, 0) is 32.4 Å². The highest BCUT2D eigenvalue weighted by molar-refractivity contribution is 6.33. The highest BCUT2D eigenvalue weighted by Gasteiger charge is 2.21. The van der Waals surface area contributed by atoms with Crippen molar-refractivity contribution in [1.82, 2.24) is 10.3 Å². The van der Waals surface area contributed by atoms with Crippen LogP contribution in [0.15, 0.2) is 34.9 Å². The lowest BCUT2D eigenvalue weighted by Crippen LogP contribution is -2.43. The third kappa shape index (κ3) is 5.90. The molecule has 25 heavy (non-hydrogen) atoms. The number of benzene rings is 1. The Labute approximate surface area is 151 Å². The Kier molecular flexibility index (Phi) is 6.20. The summed E-state index contributed by atoms with van der Waals surface area (Å²) in [6.45, 7) is 3.60. The van der Waals surface area contributed by atoms with E-state index < -0.39 is 11.5 Å². The molecule has 0 saturated heterocycles. The van der Waals surface area contributed by atoms with E-state index in [4.69, 9.17) is 21.1 Å². The highest BCUT2D eigenvalue weighted by Crippen LogP contribution is 2.28. The van der Waals surface area contributed by atoms with E-state index in [1.54, 1.807) is 26.1 Å². The number of hydrogen-bond donors (Lipinski definition) is 2. The first kappa shape index (κ1) is 19.0. The number of aromatic nitrogens is 1. The average Bonchev–Trinajstić information content (AvgIpc) is 3.00. The number of aliphatic carboxylic acids is 1. The van der Waals surface area contributed by atoms with Gasteiger partial charge in [0.1, 0.15) is 0 Å². The minimum Gasteiger partial charge on any atom is -0.481 e. The number of aryl methyl sites for hydroxylation is 1. The van der Waals surface area contributed by atoms with Crippen molar-refractivity contribution in [2.75, 3.05) is 0 Å². The smallest absolute Gasteiger partial charge is 0.303 e. The van der Waals surface area contributed by atoms with Crippen molar-refractivity contribution < 1.29 is 19.1 Å². The quantitative estimate of drug-likeness (QED) is 0.745. The molecule has 7 heteroatoms. The van der Waals surface area contributed by atoms with Crippen molar-refractivity contribution in [2.45, 2.75) is 45.1 Å². The number of amides is 1. The van der Waals surface area contributed by atoms with Crippen LogP contribution in [0, 0.1) is 0 Å². The van der Waals surface area contributed by atoms with Crippen molar-refractivity contribution in [3.05, 3.63) is 41.4 Å². The van der Waals surface area contributed by atoms with Gasteiger partial charge in [-0.1, -0.05) is 23.7 Å². The number of carboxylic acid groups (broad SMARTS) is 1. The van der Waals surface area contributed by atoms with E-state index in [0.717, 1.165) is 5.56 Å². The molecule has 2 aromatic rings. The monoisotopic (exact) mass is 364 g/mol. The van der Waals surface area contributed by atoms with Crippen LogP contribution in [0.3, 0.4) is 0 Å². The number of hydrogen-bond acceptors (Lipinski definition) is 4. The van der Waals surface area contributed by atoms with Gasteiger partial charge in [0.2, 0.25) is 5.91 Å². The Morgan fingerprint density at radius 1 is 1.28 bits per heavy atom. The molecule has 1 aromatic heterocycles. The lowest BCUT2D eigenvalue weighted by atomic mass is 9.98. The first-order chi connectivity index (χ1) is 11.8. The van der Waals surface area contributed by atoms with Gasteiger partial charge < -0.3 is 14.8 Å². The number of nitrogens with zero attached hydrogens (tertiary/aromatic N) is 1. The summed E-state index contributed by atoms with van der Waals surface area (Å²) in [7, 11) is 0.